The van der Waals surface area contributed by atoms with Crippen LogP contribution >= 0.6 is 0 Å². The molecule has 0 spiro atoms. The van der Waals surface area contributed by atoms with Crippen molar-refractivity contribution in [3.63, 3.8) is 0 Å². The van der Waals surface area contributed by atoms with E-state index in [1.165, 1.54) is 27.7 Å². The molecule has 5 nitrogen and oxygen atoms in total. The molecule has 6 atom stereocenters. The summed E-state index contributed by atoms with van der Waals surface area (Å²) in [5, 5.41) is 20.7. The van der Waals surface area contributed by atoms with Gasteiger partial charge in [-0.15, -0.1) is 0 Å². The van der Waals surface area contributed by atoms with E-state index in [1.54, 1.807) is 55.4 Å². The smallest absolute Gasteiger partial charge is 0.457 e. The number of alkyl halides is 8. The second kappa shape index (κ2) is 14.5. The maximum Gasteiger partial charge on any atom is 0.460 e. The molecule has 0 aromatic heterocycles. The Balaban J connectivity index is 7.11. The number of nitriles is 1. The van der Waals surface area contributed by atoms with Crippen molar-refractivity contribution < 1.29 is 54.5 Å². The monoisotopic (exact) mass is 709 g/mol. The number of carbonyl (C=O) groups excluding carboxylic acids is 1. The lowest BCUT2D eigenvalue weighted by Crippen LogP contribution is -2.61. The van der Waals surface area contributed by atoms with E-state index >= 15 is 4.39 Å². The minimum absolute atomic E-state index is 0.104. The fourth-order valence-electron chi connectivity index (χ4n) is 5.96. The molecule has 48 heavy (non-hydrogen) atoms. The van der Waals surface area contributed by atoms with Gasteiger partial charge >= 0.3 is 24.0 Å². The van der Waals surface area contributed by atoms with Gasteiger partial charge in [-0.05, 0) is 38.9 Å². The zero-order valence-electron chi connectivity index (χ0n) is 31.5. The second-order valence-electron chi connectivity index (χ2n) is 17.7. The number of hydrogen-bond acceptors (Lipinski definition) is 5. The third-order valence-corrected chi connectivity index (χ3v) is 11.8. The predicted octanol–water partition coefficient (Wildman–Crippen LogP) is 10.2. The number of aliphatic hydroxyl groups excluding tert-OH is 1. The molecule has 0 aliphatic rings. The normalized spacial score (nSPS) is 18.8. The largest absolute Gasteiger partial charge is 0.460 e. The van der Waals surface area contributed by atoms with Gasteiger partial charge in [0.2, 0.25) is 0 Å². The van der Waals surface area contributed by atoms with Gasteiger partial charge in [-0.1, -0.05) is 111 Å². The quantitative estimate of drug-likeness (QED) is 0.104. The second-order valence-corrected chi connectivity index (χ2v) is 17.7. The SMILES string of the molecule is CC(C(O)C(C)(C)C(C)(C)C(F)C(OCCC#N)C(C)(C)C(C)(C)C(C)C(OC(=O)C(F)(F)C(F)(F)C(F)(F)F)C(C)(C)C)C(C)(C)C. The van der Waals surface area contributed by atoms with Crippen LogP contribution in [0.2, 0.25) is 0 Å². The minimum Gasteiger partial charge on any atom is -0.457 e. The summed E-state index contributed by atoms with van der Waals surface area (Å²) in [6.07, 6.45) is -12.6. The molecule has 0 heterocycles. The highest BCUT2D eigenvalue weighted by molar-refractivity contribution is 5.79. The molecule has 6 unspecified atom stereocenters. The van der Waals surface area contributed by atoms with E-state index in [0.717, 1.165) is 0 Å². The molecule has 0 amide bonds. The zero-order chi connectivity index (χ0) is 39.1. The maximum absolute atomic E-state index is 17.3. The molecule has 0 aliphatic carbocycles. The summed E-state index contributed by atoms with van der Waals surface area (Å²) in [5.41, 5.74) is -6.57. The Kier molecular flexibility index (Phi) is 14.0. The Hall–Kier alpha value is -1.68. The van der Waals surface area contributed by atoms with Crippen LogP contribution in [0.4, 0.5) is 35.1 Å². The van der Waals surface area contributed by atoms with Gasteiger partial charge in [0, 0.05) is 5.41 Å². The number of rotatable bonds is 15. The summed E-state index contributed by atoms with van der Waals surface area (Å²) in [4.78, 5) is 12.5. The summed E-state index contributed by atoms with van der Waals surface area (Å²) in [6.45, 7) is 26.5. The highest BCUT2D eigenvalue weighted by Crippen LogP contribution is 2.57. The van der Waals surface area contributed by atoms with Crippen molar-refractivity contribution in [3.8, 4) is 6.07 Å². The molecule has 1 N–H and O–H groups in total. The van der Waals surface area contributed by atoms with E-state index in [9.17, 15) is 45.9 Å². The number of ether oxygens (including phenoxy) is 2. The van der Waals surface area contributed by atoms with Crippen LogP contribution in [-0.2, 0) is 14.3 Å². The first kappa shape index (κ1) is 46.3. The fourth-order valence-corrected chi connectivity index (χ4v) is 5.96. The van der Waals surface area contributed by atoms with Gasteiger partial charge < -0.3 is 14.6 Å². The van der Waals surface area contributed by atoms with Crippen molar-refractivity contribution >= 4 is 5.97 Å². The minimum atomic E-state index is -6.73. The Morgan fingerprint density at radius 3 is 1.48 bits per heavy atom. The van der Waals surface area contributed by atoms with E-state index in [1.807, 2.05) is 33.8 Å². The molecule has 13 heteroatoms. The van der Waals surface area contributed by atoms with Crippen molar-refractivity contribution in [3.05, 3.63) is 0 Å². The molecule has 284 valence electrons. The predicted molar refractivity (Wildman–Crippen MR) is 169 cm³/mol. The summed E-state index contributed by atoms with van der Waals surface area (Å²) in [6, 6.07) is 1.93. The van der Waals surface area contributed by atoms with Crippen LogP contribution in [0.3, 0.4) is 0 Å². The molecule has 0 aromatic carbocycles. The van der Waals surface area contributed by atoms with Gasteiger partial charge in [0.25, 0.3) is 0 Å². The van der Waals surface area contributed by atoms with Crippen LogP contribution in [0.15, 0.2) is 0 Å². The average Bonchev–Trinajstić information content (AvgIpc) is 2.89. The highest BCUT2D eigenvalue weighted by atomic mass is 19.4. The summed E-state index contributed by atoms with van der Waals surface area (Å²) >= 11 is 0. The van der Waals surface area contributed by atoms with Gasteiger partial charge in [0.15, 0.2) is 0 Å². The van der Waals surface area contributed by atoms with Crippen molar-refractivity contribution in [2.45, 2.75) is 160 Å². The van der Waals surface area contributed by atoms with E-state index in [-0.39, 0.29) is 24.4 Å². The lowest BCUT2D eigenvalue weighted by molar-refractivity contribution is -0.350. The lowest BCUT2D eigenvalue weighted by Gasteiger charge is -2.57. The van der Waals surface area contributed by atoms with Crippen molar-refractivity contribution in [2.75, 3.05) is 6.61 Å². The van der Waals surface area contributed by atoms with Crippen LogP contribution in [-0.4, -0.2) is 60.2 Å². The molecule has 0 aliphatic heterocycles. The fraction of sp³-hybridized carbons (Fsp3) is 0.943. The van der Waals surface area contributed by atoms with Gasteiger partial charge in [-0.25, -0.2) is 9.18 Å². The first-order valence-electron chi connectivity index (χ1n) is 16.2. The Morgan fingerprint density at radius 2 is 1.12 bits per heavy atom. The molecule has 0 rings (SSSR count). The zero-order valence-corrected chi connectivity index (χ0v) is 31.5. The number of carbonyl (C=O) groups is 1. The molecular weight excluding hydrogens is 650 g/mol. The van der Waals surface area contributed by atoms with E-state index in [2.05, 4.69) is 0 Å². The van der Waals surface area contributed by atoms with E-state index in [4.69, 9.17) is 9.47 Å². The van der Waals surface area contributed by atoms with Crippen LogP contribution in [0.25, 0.3) is 0 Å². The Morgan fingerprint density at radius 1 is 0.688 bits per heavy atom. The van der Waals surface area contributed by atoms with Gasteiger partial charge in [-0.3, -0.25) is 0 Å². The van der Waals surface area contributed by atoms with Crippen molar-refractivity contribution in [2.24, 2.45) is 44.3 Å². The van der Waals surface area contributed by atoms with Crippen LogP contribution in [0.1, 0.15) is 117 Å². The Labute approximate surface area is 282 Å². The van der Waals surface area contributed by atoms with Crippen LogP contribution in [0.5, 0.6) is 0 Å². The number of esters is 1. The highest BCUT2D eigenvalue weighted by Gasteiger charge is 2.77. The molecule has 0 fully saturated rings. The van der Waals surface area contributed by atoms with Gasteiger partial charge in [-0.2, -0.15) is 36.0 Å². The van der Waals surface area contributed by atoms with Gasteiger partial charge in [0.1, 0.15) is 12.3 Å². The standard InChI is InChI=1S/C35H59F8NO4/c1-20(27(3,4)5)23(45)31(13,14)30(11,12)22(36)25(47-19-17-18-44)32(15,16)29(9,10)21(2)24(28(6,7)8)48-26(46)33(37,38)34(39,40)35(41,42)43/h20-25,45H,17,19H2,1-16H3. The van der Waals surface area contributed by atoms with Crippen molar-refractivity contribution in [1.82, 2.24) is 0 Å². The third kappa shape index (κ3) is 8.78. The molecule has 0 saturated heterocycles. The summed E-state index contributed by atoms with van der Waals surface area (Å²) in [5.74, 6) is -17.3. The van der Waals surface area contributed by atoms with E-state index in [0.29, 0.717) is 0 Å². The molecule has 0 bridgehead atoms. The lowest BCUT2D eigenvalue weighted by atomic mass is 9.51. The molecule has 0 saturated carbocycles. The average molecular weight is 710 g/mol. The summed E-state index contributed by atoms with van der Waals surface area (Å²) < 4.78 is 123. The molecule has 0 radical (unpaired) electrons. The summed E-state index contributed by atoms with van der Waals surface area (Å²) in [7, 11) is 0. The molecule has 0 aromatic rings. The molecular formula is C35H59F8NO4. The van der Waals surface area contributed by atoms with Gasteiger partial charge in [0.05, 0.1) is 31.3 Å². The third-order valence-electron chi connectivity index (χ3n) is 11.8. The number of aliphatic hydroxyl groups is 1. The van der Waals surface area contributed by atoms with Crippen LogP contribution < -0.4 is 0 Å². The van der Waals surface area contributed by atoms with E-state index < -0.39 is 81.5 Å². The first-order chi connectivity index (χ1) is 20.8. The maximum atomic E-state index is 17.3. The number of halogens is 8. The topological polar surface area (TPSA) is 79.6 Å². The van der Waals surface area contributed by atoms with Crippen LogP contribution in [0, 0.1) is 55.7 Å². The van der Waals surface area contributed by atoms with Crippen molar-refractivity contribution in [1.29, 1.82) is 5.26 Å². The number of hydrogen-bond donors (Lipinski definition) is 1. The first-order valence-corrected chi connectivity index (χ1v) is 16.2. The Bertz CT molecular complexity index is 1130. The number of nitrogens with zero attached hydrogens (tertiary/aromatic N) is 1.